The van der Waals surface area contributed by atoms with E-state index in [4.69, 9.17) is 0 Å². The fourth-order valence-corrected chi connectivity index (χ4v) is 2.91. The van der Waals surface area contributed by atoms with Crippen LogP contribution < -0.4 is 10.6 Å². The Balaban J connectivity index is 1.70. The Morgan fingerprint density at radius 2 is 1.71 bits per heavy atom. The van der Waals surface area contributed by atoms with Gasteiger partial charge in [0.2, 0.25) is 5.91 Å². The molecule has 0 saturated carbocycles. The molecule has 1 fully saturated rings. The molecule has 3 rings (SSSR count). The first-order valence-electron chi connectivity index (χ1n) is 8.31. The Morgan fingerprint density at radius 3 is 2.39 bits per heavy atom. The molecule has 28 heavy (non-hydrogen) atoms. The summed E-state index contributed by atoms with van der Waals surface area (Å²) in [7, 11) is 0. The van der Waals surface area contributed by atoms with Crippen molar-refractivity contribution in [3.63, 3.8) is 0 Å². The monoisotopic (exact) mass is 391 g/mol. The summed E-state index contributed by atoms with van der Waals surface area (Å²) in [5.41, 5.74) is -1.54. The number of hydrogen-bond donors (Lipinski definition) is 2. The molecule has 0 radical (unpaired) electrons. The molecule has 1 saturated heterocycles. The van der Waals surface area contributed by atoms with Gasteiger partial charge in [0.05, 0.1) is 0 Å². The van der Waals surface area contributed by atoms with Gasteiger partial charge in [-0.2, -0.15) is 0 Å². The average Bonchev–Trinajstić information content (AvgIpc) is 2.87. The number of hydrogen-bond acceptors (Lipinski definition) is 3. The molecule has 2 aromatic rings. The van der Waals surface area contributed by atoms with Gasteiger partial charge in [-0.25, -0.2) is 18.0 Å². The second-order valence-electron chi connectivity index (χ2n) is 6.47. The first kappa shape index (κ1) is 19.4. The van der Waals surface area contributed by atoms with E-state index in [1.807, 2.05) is 0 Å². The molecular weight excluding hydrogens is 375 g/mol. The fraction of sp³-hybridized carbons (Fsp3) is 0.211. The van der Waals surface area contributed by atoms with Crippen LogP contribution in [0, 0.1) is 17.5 Å². The number of benzene rings is 2. The summed E-state index contributed by atoms with van der Waals surface area (Å²) in [5, 5.41) is 4.81. The van der Waals surface area contributed by atoms with Crippen molar-refractivity contribution in [1.29, 1.82) is 0 Å². The van der Waals surface area contributed by atoms with E-state index in [0.29, 0.717) is 10.5 Å². The number of nitrogens with zero attached hydrogens (tertiary/aromatic N) is 1. The molecular formula is C19H16F3N3O3. The summed E-state index contributed by atoms with van der Waals surface area (Å²) >= 11 is 0. The van der Waals surface area contributed by atoms with Crippen LogP contribution in [0.2, 0.25) is 0 Å². The lowest BCUT2D eigenvalue weighted by atomic mass is 9.91. The summed E-state index contributed by atoms with van der Waals surface area (Å²) in [4.78, 5) is 37.6. The quantitative estimate of drug-likeness (QED) is 0.767. The molecule has 1 heterocycles. The number of nitrogens with one attached hydrogen (secondary N) is 2. The van der Waals surface area contributed by atoms with Gasteiger partial charge >= 0.3 is 6.03 Å². The van der Waals surface area contributed by atoms with Crippen LogP contribution >= 0.6 is 0 Å². The van der Waals surface area contributed by atoms with Gasteiger partial charge in [-0.1, -0.05) is 12.1 Å². The molecule has 0 aliphatic carbocycles. The Morgan fingerprint density at radius 1 is 1.07 bits per heavy atom. The standard InChI is InChI=1S/C19H16F3N3O3/c1-19(14-8-13(21)6-7-15(14)22)17(27)25(18(28)24-19)10-16(26)23-9-11-2-4-12(20)5-3-11/h2-8H,9-10H2,1H3,(H,23,26)(H,24,28). The minimum Gasteiger partial charge on any atom is -0.350 e. The molecule has 1 atom stereocenters. The Labute approximate surface area is 158 Å². The van der Waals surface area contributed by atoms with E-state index in [1.165, 1.54) is 31.2 Å². The van der Waals surface area contributed by atoms with Crippen LogP contribution in [-0.4, -0.2) is 29.3 Å². The van der Waals surface area contributed by atoms with Crippen molar-refractivity contribution >= 4 is 17.8 Å². The van der Waals surface area contributed by atoms with E-state index in [1.54, 1.807) is 0 Å². The molecule has 0 aromatic heterocycles. The summed E-state index contributed by atoms with van der Waals surface area (Å²) in [6.07, 6.45) is 0. The van der Waals surface area contributed by atoms with E-state index in [2.05, 4.69) is 10.6 Å². The summed E-state index contributed by atoms with van der Waals surface area (Å²) in [5.74, 6) is -3.57. The minimum absolute atomic E-state index is 0.0680. The van der Waals surface area contributed by atoms with Crippen molar-refractivity contribution in [2.75, 3.05) is 6.54 Å². The molecule has 9 heteroatoms. The summed E-state index contributed by atoms with van der Waals surface area (Å²) in [6.45, 7) is 0.707. The molecule has 6 nitrogen and oxygen atoms in total. The molecule has 0 bridgehead atoms. The van der Waals surface area contributed by atoms with Crippen molar-refractivity contribution in [2.24, 2.45) is 0 Å². The van der Waals surface area contributed by atoms with Crippen LogP contribution in [0.1, 0.15) is 18.1 Å². The molecule has 2 aromatic carbocycles. The lowest BCUT2D eigenvalue weighted by Crippen LogP contribution is -2.43. The zero-order valence-electron chi connectivity index (χ0n) is 14.8. The van der Waals surface area contributed by atoms with Gasteiger partial charge in [0.15, 0.2) is 0 Å². The largest absolute Gasteiger partial charge is 0.350 e. The third-order valence-corrected chi connectivity index (χ3v) is 4.45. The van der Waals surface area contributed by atoms with Gasteiger partial charge in [-0.3, -0.25) is 14.5 Å². The fourth-order valence-electron chi connectivity index (χ4n) is 2.91. The zero-order chi connectivity index (χ0) is 20.5. The van der Waals surface area contributed by atoms with Gasteiger partial charge < -0.3 is 10.6 Å². The Kier molecular flexibility index (Phi) is 5.08. The average molecular weight is 391 g/mol. The van der Waals surface area contributed by atoms with Crippen molar-refractivity contribution in [3.8, 4) is 0 Å². The highest BCUT2D eigenvalue weighted by molar-refractivity contribution is 6.09. The number of urea groups is 1. The molecule has 1 aliphatic rings. The van der Waals surface area contributed by atoms with Gasteiger partial charge in [0.25, 0.3) is 5.91 Å². The molecule has 4 amide bonds. The zero-order valence-corrected chi connectivity index (χ0v) is 14.8. The van der Waals surface area contributed by atoms with E-state index >= 15 is 0 Å². The van der Waals surface area contributed by atoms with Gasteiger partial charge in [-0.05, 0) is 42.8 Å². The smallest absolute Gasteiger partial charge is 0.325 e. The molecule has 1 unspecified atom stereocenters. The number of imide groups is 1. The van der Waals surface area contributed by atoms with Gasteiger partial charge in [0.1, 0.15) is 29.5 Å². The highest BCUT2D eigenvalue weighted by Gasteiger charge is 2.50. The lowest BCUT2D eigenvalue weighted by molar-refractivity contribution is -0.134. The number of rotatable bonds is 5. The van der Waals surface area contributed by atoms with E-state index in [9.17, 15) is 27.6 Å². The number of halogens is 3. The maximum absolute atomic E-state index is 14.1. The normalized spacial score (nSPS) is 18.9. The molecule has 146 valence electrons. The van der Waals surface area contributed by atoms with Gasteiger partial charge in [0, 0.05) is 12.1 Å². The number of carbonyl (C=O) groups is 3. The summed E-state index contributed by atoms with van der Waals surface area (Å²) in [6, 6.07) is 7.10. The van der Waals surface area contributed by atoms with Crippen molar-refractivity contribution in [2.45, 2.75) is 19.0 Å². The Bertz CT molecular complexity index is 949. The van der Waals surface area contributed by atoms with Crippen LogP contribution in [0.25, 0.3) is 0 Å². The maximum Gasteiger partial charge on any atom is 0.325 e. The third-order valence-electron chi connectivity index (χ3n) is 4.45. The predicted octanol–water partition coefficient (Wildman–Crippen LogP) is 2.19. The van der Waals surface area contributed by atoms with E-state index in [-0.39, 0.29) is 12.1 Å². The van der Waals surface area contributed by atoms with Crippen LogP contribution in [0.4, 0.5) is 18.0 Å². The van der Waals surface area contributed by atoms with Crippen molar-refractivity contribution in [3.05, 3.63) is 71.0 Å². The third kappa shape index (κ3) is 3.68. The second-order valence-corrected chi connectivity index (χ2v) is 6.47. The van der Waals surface area contributed by atoms with Crippen LogP contribution in [-0.2, 0) is 21.7 Å². The predicted molar refractivity (Wildman–Crippen MR) is 92.2 cm³/mol. The van der Waals surface area contributed by atoms with E-state index < -0.39 is 47.4 Å². The highest BCUT2D eigenvalue weighted by Crippen LogP contribution is 2.31. The van der Waals surface area contributed by atoms with Crippen LogP contribution in [0.5, 0.6) is 0 Å². The summed E-state index contributed by atoms with van der Waals surface area (Å²) < 4.78 is 40.5. The highest BCUT2D eigenvalue weighted by atomic mass is 19.1. The lowest BCUT2D eigenvalue weighted by Gasteiger charge is -2.22. The SMILES string of the molecule is CC1(c2cc(F)ccc2F)NC(=O)N(CC(=O)NCc2ccc(F)cc2)C1=O. The number of amides is 4. The molecule has 2 N–H and O–H groups in total. The van der Waals surface area contributed by atoms with Crippen molar-refractivity contribution in [1.82, 2.24) is 15.5 Å². The minimum atomic E-state index is -1.83. The topological polar surface area (TPSA) is 78.5 Å². The number of carbonyl (C=O) groups excluding carboxylic acids is 3. The molecule has 1 aliphatic heterocycles. The van der Waals surface area contributed by atoms with Crippen LogP contribution in [0.3, 0.4) is 0 Å². The van der Waals surface area contributed by atoms with Crippen LogP contribution in [0.15, 0.2) is 42.5 Å². The maximum atomic E-state index is 14.1. The Hall–Kier alpha value is -3.36. The first-order chi connectivity index (χ1) is 13.2. The van der Waals surface area contributed by atoms with Crippen molar-refractivity contribution < 1.29 is 27.6 Å². The first-order valence-corrected chi connectivity index (χ1v) is 8.31. The van der Waals surface area contributed by atoms with Gasteiger partial charge in [-0.15, -0.1) is 0 Å². The molecule has 0 spiro atoms. The second kappa shape index (κ2) is 7.34. The van der Waals surface area contributed by atoms with E-state index in [0.717, 1.165) is 18.2 Å².